The van der Waals surface area contributed by atoms with Gasteiger partial charge in [0, 0.05) is 40.2 Å². The zero-order valence-electron chi connectivity index (χ0n) is 26.5. The van der Waals surface area contributed by atoms with Crippen molar-refractivity contribution in [2.75, 3.05) is 4.90 Å². The quantitative estimate of drug-likeness (QED) is 0.185. The number of fused-ring (bicyclic) bond motifs is 2. The standard InChI is InChI=1S/C45H28N4/c46-29-35-15-23-42(44-7-3-1-5-40(35)44)33-11-19-38(20-12-33)49(37-17-9-31(10-18-37)32-25-27-48-28-26-32)39-21-13-34(14-22-39)43-24-16-36(30-47)41-6-2-4-8-45(41)43/h1-28H. The maximum Gasteiger partial charge on any atom is 0.0998 e. The molecule has 0 aliphatic heterocycles. The highest BCUT2D eigenvalue weighted by atomic mass is 15.1. The number of hydrogen-bond acceptors (Lipinski definition) is 4. The van der Waals surface area contributed by atoms with Crippen LogP contribution in [0.4, 0.5) is 17.1 Å². The summed E-state index contributed by atoms with van der Waals surface area (Å²) >= 11 is 0. The molecule has 0 saturated heterocycles. The summed E-state index contributed by atoms with van der Waals surface area (Å²) in [7, 11) is 0. The molecule has 0 N–H and O–H groups in total. The minimum absolute atomic E-state index is 0.676. The van der Waals surface area contributed by atoms with E-state index in [4.69, 9.17) is 0 Å². The lowest BCUT2D eigenvalue weighted by atomic mass is 9.95. The highest BCUT2D eigenvalue weighted by molar-refractivity contribution is 6.01. The van der Waals surface area contributed by atoms with Gasteiger partial charge in [-0.1, -0.05) is 97.1 Å². The van der Waals surface area contributed by atoms with Crippen LogP contribution in [0.2, 0.25) is 0 Å². The second kappa shape index (κ2) is 12.6. The summed E-state index contributed by atoms with van der Waals surface area (Å²) in [6.45, 7) is 0. The molecule has 228 valence electrons. The molecular formula is C45H28N4. The number of pyridine rings is 1. The molecule has 0 aliphatic rings. The van der Waals surface area contributed by atoms with Crippen molar-refractivity contribution in [3.05, 3.63) is 181 Å². The SMILES string of the molecule is N#Cc1ccc(-c2ccc(N(c3ccc(-c4ccncc4)cc3)c3ccc(-c4ccc(C#N)c5ccccc45)cc3)cc2)c2ccccc12. The molecule has 0 fully saturated rings. The molecule has 4 nitrogen and oxygen atoms in total. The Balaban J connectivity index is 1.21. The Labute approximate surface area is 285 Å². The van der Waals surface area contributed by atoms with Gasteiger partial charge < -0.3 is 4.90 Å². The Hall–Kier alpha value is -7.01. The molecule has 8 rings (SSSR count). The lowest BCUT2D eigenvalue weighted by Crippen LogP contribution is -2.09. The molecule has 0 spiro atoms. The third kappa shape index (κ3) is 5.44. The third-order valence-corrected chi connectivity index (χ3v) is 9.10. The van der Waals surface area contributed by atoms with Crippen LogP contribution < -0.4 is 4.90 Å². The van der Waals surface area contributed by atoms with E-state index in [-0.39, 0.29) is 0 Å². The summed E-state index contributed by atoms with van der Waals surface area (Å²) < 4.78 is 0. The fraction of sp³-hybridized carbons (Fsp3) is 0. The molecule has 49 heavy (non-hydrogen) atoms. The molecule has 0 unspecified atom stereocenters. The molecule has 0 aliphatic carbocycles. The van der Waals surface area contributed by atoms with E-state index >= 15 is 0 Å². The number of nitriles is 2. The summed E-state index contributed by atoms with van der Waals surface area (Å²) in [6.07, 6.45) is 3.62. The summed E-state index contributed by atoms with van der Waals surface area (Å²) in [5.41, 5.74) is 11.0. The molecule has 1 heterocycles. The van der Waals surface area contributed by atoms with Gasteiger partial charge in [-0.25, -0.2) is 0 Å². The van der Waals surface area contributed by atoms with Crippen LogP contribution in [0.15, 0.2) is 170 Å². The molecule has 1 aromatic heterocycles. The van der Waals surface area contributed by atoms with Gasteiger partial charge in [-0.2, -0.15) is 10.5 Å². The zero-order chi connectivity index (χ0) is 33.2. The molecule has 0 amide bonds. The van der Waals surface area contributed by atoms with Crippen LogP contribution in [0.1, 0.15) is 11.1 Å². The number of hydrogen-bond donors (Lipinski definition) is 0. The van der Waals surface area contributed by atoms with E-state index in [1.165, 1.54) is 0 Å². The van der Waals surface area contributed by atoms with E-state index in [1.54, 1.807) is 0 Å². The summed E-state index contributed by atoms with van der Waals surface area (Å²) in [4.78, 5) is 6.43. The molecule has 8 aromatic rings. The first-order chi connectivity index (χ1) is 24.2. The Kier molecular flexibility index (Phi) is 7.59. The van der Waals surface area contributed by atoms with Crippen LogP contribution in [0.3, 0.4) is 0 Å². The molecule has 0 bridgehead atoms. The normalized spacial score (nSPS) is 10.8. The van der Waals surface area contributed by atoms with Crippen LogP contribution in [-0.4, -0.2) is 4.98 Å². The van der Waals surface area contributed by atoms with E-state index in [0.717, 1.165) is 72.0 Å². The number of anilines is 3. The van der Waals surface area contributed by atoms with Gasteiger partial charge in [0.25, 0.3) is 0 Å². The topological polar surface area (TPSA) is 63.7 Å². The number of aromatic nitrogens is 1. The van der Waals surface area contributed by atoms with Gasteiger partial charge in [-0.3, -0.25) is 4.98 Å². The van der Waals surface area contributed by atoms with Crippen LogP contribution in [0, 0.1) is 22.7 Å². The number of rotatable bonds is 6. The highest BCUT2D eigenvalue weighted by Crippen LogP contribution is 2.39. The average molecular weight is 625 g/mol. The first-order valence-electron chi connectivity index (χ1n) is 16.1. The molecular weight excluding hydrogens is 597 g/mol. The smallest absolute Gasteiger partial charge is 0.0998 e. The second-order valence-corrected chi connectivity index (χ2v) is 11.8. The van der Waals surface area contributed by atoms with Crippen LogP contribution >= 0.6 is 0 Å². The van der Waals surface area contributed by atoms with E-state index < -0.39 is 0 Å². The van der Waals surface area contributed by atoms with Gasteiger partial charge in [0.1, 0.15) is 0 Å². The zero-order valence-corrected chi connectivity index (χ0v) is 26.5. The van der Waals surface area contributed by atoms with Crippen molar-refractivity contribution < 1.29 is 0 Å². The van der Waals surface area contributed by atoms with Crippen molar-refractivity contribution in [2.24, 2.45) is 0 Å². The van der Waals surface area contributed by atoms with Crippen molar-refractivity contribution in [1.29, 1.82) is 10.5 Å². The first-order valence-corrected chi connectivity index (χ1v) is 16.1. The Morgan fingerprint density at radius 2 is 0.735 bits per heavy atom. The lowest BCUT2D eigenvalue weighted by molar-refractivity contribution is 1.28. The lowest BCUT2D eigenvalue weighted by Gasteiger charge is -2.26. The highest BCUT2D eigenvalue weighted by Gasteiger charge is 2.15. The Bertz CT molecular complexity index is 2400. The molecule has 0 saturated carbocycles. The third-order valence-electron chi connectivity index (χ3n) is 9.10. The van der Waals surface area contributed by atoms with E-state index in [0.29, 0.717) is 11.1 Å². The fourth-order valence-electron chi connectivity index (χ4n) is 6.67. The van der Waals surface area contributed by atoms with Crippen LogP contribution in [0.25, 0.3) is 54.9 Å². The van der Waals surface area contributed by atoms with Crippen molar-refractivity contribution in [3.63, 3.8) is 0 Å². The van der Waals surface area contributed by atoms with Gasteiger partial charge in [0.05, 0.1) is 23.3 Å². The molecule has 0 atom stereocenters. The minimum Gasteiger partial charge on any atom is -0.311 e. The van der Waals surface area contributed by atoms with Gasteiger partial charge >= 0.3 is 0 Å². The molecule has 7 aromatic carbocycles. The van der Waals surface area contributed by atoms with Crippen molar-refractivity contribution in [1.82, 2.24) is 4.98 Å². The van der Waals surface area contributed by atoms with Gasteiger partial charge in [-0.05, 0) is 105 Å². The second-order valence-electron chi connectivity index (χ2n) is 11.8. The van der Waals surface area contributed by atoms with E-state index in [9.17, 15) is 10.5 Å². The first kappa shape index (κ1) is 29.4. The van der Waals surface area contributed by atoms with E-state index in [2.05, 4.69) is 107 Å². The maximum atomic E-state index is 9.67. The average Bonchev–Trinajstić information content (AvgIpc) is 3.18. The van der Waals surface area contributed by atoms with Gasteiger partial charge in [0.2, 0.25) is 0 Å². The van der Waals surface area contributed by atoms with Crippen molar-refractivity contribution in [3.8, 4) is 45.5 Å². The van der Waals surface area contributed by atoms with Crippen molar-refractivity contribution >= 4 is 38.6 Å². The van der Waals surface area contributed by atoms with Gasteiger partial charge in [0.15, 0.2) is 0 Å². The maximum absolute atomic E-state index is 9.67. The minimum atomic E-state index is 0.676. The van der Waals surface area contributed by atoms with Gasteiger partial charge in [-0.15, -0.1) is 0 Å². The Morgan fingerprint density at radius 3 is 1.14 bits per heavy atom. The number of nitrogens with zero attached hydrogens (tertiary/aromatic N) is 4. The number of benzene rings is 7. The van der Waals surface area contributed by atoms with Crippen LogP contribution in [0.5, 0.6) is 0 Å². The summed E-state index contributed by atoms with van der Waals surface area (Å²) in [5.74, 6) is 0. The van der Waals surface area contributed by atoms with Crippen LogP contribution in [-0.2, 0) is 0 Å². The van der Waals surface area contributed by atoms with Crippen molar-refractivity contribution in [2.45, 2.75) is 0 Å². The van der Waals surface area contributed by atoms with E-state index in [1.807, 2.05) is 85.2 Å². The summed E-state index contributed by atoms with van der Waals surface area (Å²) in [5, 5.41) is 23.4. The fourth-order valence-corrected chi connectivity index (χ4v) is 6.67. The monoisotopic (exact) mass is 624 g/mol. The summed E-state index contributed by atoms with van der Waals surface area (Å²) in [6, 6.07) is 58.6. The Morgan fingerprint density at radius 1 is 0.367 bits per heavy atom. The molecule has 4 heteroatoms. The predicted octanol–water partition coefficient (Wildman–Crippen LogP) is 11.6. The largest absolute Gasteiger partial charge is 0.311 e. The predicted molar refractivity (Wildman–Crippen MR) is 200 cm³/mol. The molecule has 0 radical (unpaired) electrons.